The number of aromatic nitrogens is 2. The van der Waals surface area contributed by atoms with Crippen molar-refractivity contribution in [2.24, 2.45) is 0 Å². The van der Waals surface area contributed by atoms with E-state index in [1.165, 1.54) is 12.5 Å². The van der Waals surface area contributed by atoms with E-state index < -0.39 is 6.43 Å². The van der Waals surface area contributed by atoms with Gasteiger partial charge in [0, 0.05) is 48.9 Å². The molecule has 2 aliphatic rings. The normalized spacial score (nSPS) is 15.6. The van der Waals surface area contributed by atoms with E-state index in [1.54, 1.807) is 24.0 Å². The first-order chi connectivity index (χ1) is 13.5. The van der Waals surface area contributed by atoms with Gasteiger partial charge in [0.1, 0.15) is 0 Å². The number of aromatic amines is 1. The van der Waals surface area contributed by atoms with Crippen LogP contribution in [0.2, 0.25) is 0 Å². The van der Waals surface area contributed by atoms with Crippen molar-refractivity contribution >= 4 is 17.4 Å². The monoisotopic (exact) mass is 390 g/mol. The zero-order valence-electron chi connectivity index (χ0n) is 16.8. The molecule has 5 nitrogen and oxygen atoms in total. The van der Waals surface area contributed by atoms with Crippen molar-refractivity contribution in [3.05, 3.63) is 40.6 Å². The third-order valence-corrected chi connectivity index (χ3v) is 5.09. The summed E-state index contributed by atoms with van der Waals surface area (Å²) in [6.45, 7) is 7.74. The summed E-state index contributed by atoms with van der Waals surface area (Å²) in [7, 11) is 0. The fraction of sp³-hybridized carbons (Fsp3) is 0.524. The van der Waals surface area contributed by atoms with Crippen LogP contribution in [0.1, 0.15) is 62.4 Å². The maximum atomic E-state index is 13.1. The number of nitrogens with zero attached hydrogens (tertiary/aromatic N) is 3. The van der Waals surface area contributed by atoms with E-state index >= 15 is 0 Å². The van der Waals surface area contributed by atoms with Gasteiger partial charge in [0.25, 0.3) is 6.43 Å². The van der Waals surface area contributed by atoms with Gasteiger partial charge in [-0.05, 0) is 24.5 Å². The van der Waals surface area contributed by atoms with Gasteiger partial charge in [0.05, 0.1) is 6.54 Å². The summed E-state index contributed by atoms with van der Waals surface area (Å²) in [6.07, 6.45) is 1.32. The summed E-state index contributed by atoms with van der Waals surface area (Å²) >= 11 is 0. The molecule has 0 radical (unpaired) electrons. The zero-order valence-corrected chi connectivity index (χ0v) is 16.8. The highest BCUT2D eigenvalue weighted by Gasteiger charge is 2.29. The first kappa shape index (κ1) is 20.3. The number of nitrogens with one attached hydrogen (secondary N) is 1. The molecule has 3 heterocycles. The predicted octanol–water partition coefficient (Wildman–Crippen LogP) is 4.75. The van der Waals surface area contributed by atoms with Crippen molar-refractivity contribution in [3.63, 3.8) is 0 Å². The van der Waals surface area contributed by atoms with E-state index in [-0.39, 0.29) is 11.5 Å². The molecular weight excluding hydrogens is 362 g/mol. The molecule has 2 aromatic rings. The van der Waals surface area contributed by atoms with Crippen molar-refractivity contribution in [1.82, 2.24) is 15.1 Å². The fourth-order valence-electron chi connectivity index (χ4n) is 3.72. The molecule has 0 aliphatic carbocycles. The maximum absolute atomic E-state index is 13.1. The van der Waals surface area contributed by atoms with Gasteiger partial charge in [-0.3, -0.25) is 9.89 Å². The van der Waals surface area contributed by atoms with Gasteiger partial charge in [-0.2, -0.15) is 5.10 Å². The highest BCUT2D eigenvalue weighted by Crippen LogP contribution is 2.38. The summed E-state index contributed by atoms with van der Waals surface area (Å²) in [5, 5.41) is 7.54. The lowest BCUT2D eigenvalue weighted by Gasteiger charge is -2.32. The highest BCUT2D eigenvalue weighted by atomic mass is 19.3. The molecule has 0 bridgehead atoms. The van der Waals surface area contributed by atoms with Crippen molar-refractivity contribution in [2.45, 2.75) is 59.4 Å². The predicted molar refractivity (Wildman–Crippen MR) is 106 cm³/mol. The first-order valence-corrected chi connectivity index (χ1v) is 9.96. The molecule has 0 unspecified atom stereocenters. The van der Waals surface area contributed by atoms with Crippen molar-refractivity contribution in [1.29, 1.82) is 0 Å². The summed E-state index contributed by atoms with van der Waals surface area (Å²) in [5.74, 6) is 0.796. The Balaban J connectivity index is 0.000000706. The van der Waals surface area contributed by atoms with Gasteiger partial charge in [0.15, 0.2) is 5.82 Å². The number of hydrogen-bond acceptors (Lipinski definition) is 3. The second kappa shape index (κ2) is 8.71. The molecule has 1 N–H and O–H groups in total. The van der Waals surface area contributed by atoms with E-state index in [4.69, 9.17) is 0 Å². The quantitative estimate of drug-likeness (QED) is 0.805. The Morgan fingerprint density at radius 2 is 2.00 bits per heavy atom. The minimum absolute atomic E-state index is 0.0282. The molecule has 0 saturated heterocycles. The number of carbonyl (C=O) groups is 1. The number of anilines is 2. The van der Waals surface area contributed by atoms with Crippen molar-refractivity contribution in [2.75, 3.05) is 18.0 Å². The van der Waals surface area contributed by atoms with Crippen molar-refractivity contribution < 1.29 is 13.6 Å². The smallest absolute Gasteiger partial charge is 0.263 e. The van der Waals surface area contributed by atoms with Gasteiger partial charge >= 0.3 is 0 Å². The molecule has 0 saturated carbocycles. The molecule has 0 spiro atoms. The lowest BCUT2D eigenvalue weighted by molar-refractivity contribution is -0.129. The number of amides is 1. The Labute approximate surface area is 164 Å². The number of rotatable bonds is 2. The number of halogens is 2. The lowest BCUT2D eigenvalue weighted by atomic mass is 9.98. The van der Waals surface area contributed by atoms with Gasteiger partial charge in [0.2, 0.25) is 5.91 Å². The number of carbonyl (C=O) groups excluding carboxylic acids is 1. The summed E-state index contributed by atoms with van der Waals surface area (Å²) in [6, 6.07) is 4.88. The third kappa shape index (κ3) is 4.03. The third-order valence-electron chi connectivity index (χ3n) is 5.09. The van der Waals surface area contributed by atoms with Crippen LogP contribution in [0.15, 0.2) is 18.2 Å². The van der Waals surface area contributed by atoms with Gasteiger partial charge in [-0.25, -0.2) is 8.78 Å². The maximum Gasteiger partial charge on any atom is 0.263 e. The molecule has 28 heavy (non-hydrogen) atoms. The standard InChI is InChI=1S/C18H20F2N4O.C3H8/c1-11(25)23-8-6-15-14(10-23)18(22-21-15)24-7-2-3-12-4-5-13(17(19)20)9-16(12)24;1-3-2/h4-5,9,17H,2-3,6-8,10H2,1H3,(H,21,22);3H2,1-2H3. The van der Waals surface area contributed by atoms with Crippen molar-refractivity contribution in [3.8, 4) is 0 Å². The van der Waals surface area contributed by atoms with Gasteiger partial charge in [-0.15, -0.1) is 0 Å². The molecule has 2 aliphatic heterocycles. The van der Waals surface area contributed by atoms with Crippen LogP contribution in [-0.4, -0.2) is 34.1 Å². The fourth-order valence-corrected chi connectivity index (χ4v) is 3.72. The number of alkyl halides is 2. The van der Waals surface area contributed by atoms with Crippen LogP contribution in [0, 0.1) is 0 Å². The SMILES string of the molecule is CC(=O)N1CCc2[nH]nc(N3CCCc4ccc(C(F)F)cc43)c2C1.CCC. The summed E-state index contributed by atoms with van der Waals surface area (Å²) in [4.78, 5) is 15.5. The molecule has 1 amide bonds. The van der Waals surface area contributed by atoms with Crippen LogP contribution in [0.4, 0.5) is 20.3 Å². The Bertz CT molecular complexity index is 834. The Morgan fingerprint density at radius 1 is 1.25 bits per heavy atom. The van der Waals surface area contributed by atoms with E-state index in [0.29, 0.717) is 13.1 Å². The molecule has 7 heteroatoms. The van der Waals surface area contributed by atoms with Crippen LogP contribution >= 0.6 is 0 Å². The van der Waals surface area contributed by atoms with Gasteiger partial charge < -0.3 is 9.80 Å². The minimum atomic E-state index is -2.49. The van der Waals surface area contributed by atoms with E-state index in [2.05, 4.69) is 24.0 Å². The number of aryl methyl sites for hydroxylation is 1. The molecule has 0 atom stereocenters. The Hall–Kier alpha value is -2.44. The van der Waals surface area contributed by atoms with E-state index in [9.17, 15) is 13.6 Å². The van der Waals surface area contributed by atoms with Crippen LogP contribution in [0.25, 0.3) is 0 Å². The minimum Gasteiger partial charge on any atom is -0.338 e. The van der Waals surface area contributed by atoms with E-state index in [0.717, 1.165) is 54.1 Å². The first-order valence-electron chi connectivity index (χ1n) is 9.96. The number of H-pyrrole nitrogens is 1. The Morgan fingerprint density at radius 3 is 2.68 bits per heavy atom. The second-order valence-corrected chi connectivity index (χ2v) is 7.35. The molecular formula is C21H28F2N4O. The summed E-state index contributed by atoms with van der Waals surface area (Å²) < 4.78 is 26.3. The second-order valence-electron chi connectivity index (χ2n) is 7.35. The summed E-state index contributed by atoms with van der Waals surface area (Å²) in [5.41, 5.74) is 3.92. The average molecular weight is 390 g/mol. The number of benzene rings is 1. The molecule has 4 rings (SSSR count). The van der Waals surface area contributed by atoms with Crippen LogP contribution < -0.4 is 4.90 Å². The highest BCUT2D eigenvalue weighted by molar-refractivity contribution is 5.75. The molecule has 1 aromatic heterocycles. The number of fused-ring (bicyclic) bond motifs is 2. The van der Waals surface area contributed by atoms with Crippen LogP contribution in [0.3, 0.4) is 0 Å². The zero-order chi connectivity index (χ0) is 20.3. The van der Waals surface area contributed by atoms with Crippen LogP contribution in [-0.2, 0) is 24.2 Å². The van der Waals surface area contributed by atoms with Crippen LogP contribution in [0.5, 0.6) is 0 Å². The number of hydrogen-bond donors (Lipinski definition) is 1. The largest absolute Gasteiger partial charge is 0.338 e. The van der Waals surface area contributed by atoms with Gasteiger partial charge in [-0.1, -0.05) is 32.4 Å². The average Bonchev–Trinajstić information content (AvgIpc) is 3.10. The lowest BCUT2D eigenvalue weighted by Crippen LogP contribution is -2.35. The topological polar surface area (TPSA) is 52.2 Å². The van der Waals surface area contributed by atoms with E-state index in [1.807, 2.05) is 4.90 Å². The molecule has 0 fully saturated rings. The molecule has 152 valence electrons. The Kier molecular flexibility index (Phi) is 6.31. The molecule has 1 aromatic carbocycles.